The molecule has 1 atom stereocenters. The van der Waals surface area contributed by atoms with E-state index in [1.54, 1.807) is 18.2 Å². The van der Waals surface area contributed by atoms with Crippen molar-refractivity contribution in [3.05, 3.63) is 99.3 Å². The maximum Gasteiger partial charge on any atom is 0.335 e. The second-order valence-electron chi connectivity index (χ2n) is 11.0. The molecule has 0 bridgehead atoms. The van der Waals surface area contributed by atoms with E-state index in [1.165, 1.54) is 0 Å². The highest BCUT2D eigenvalue weighted by Crippen LogP contribution is 2.25. The van der Waals surface area contributed by atoms with Crippen LogP contribution in [0.3, 0.4) is 0 Å². The Morgan fingerprint density at radius 3 is 2.54 bits per heavy atom. The van der Waals surface area contributed by atoms with E-state index in [1.807, 2.05) is 48.2 Å². The van der Waals surface area contributed by atoms with Crippen molar-refractivity contribution in [2.75, 3.05) is 32.8 Å². The van der Waals surface area contributed by atoms with Crippen molar-refractivity contribution < 1.29 is 19.4 Å². The predicted molar refractivity (Wildman–Crippen MR) is 158 cm³/mol. The van der Waals surface area contributed by atoms with E-state index >= 15 is 0 Å². The largest absolute Gasteiger partial charge is 0.478 e. The third kappa shape index (κ3) is 6.00. The van der Waals surface area contributed by atoms with Crippen molar-refractivity contribution in [2.45, 2.75) is 39.0 Å². The number of carbonyl (C=O) groups is 2. The van der Waals surface area contributed by atoms with Crippen LogP contribution in [-0.2, 0) is 24.2 Å². The Morgan fingerprint density at radius 2 is 1.83 bits per heavy atom. The first-order valence-corrected chi connectivity index (χ1v) is 14.4. The van der Waals surface area contributed by atoms with E-state index in [0.29, 0.717) is 38.2 Å². The quantitative estimate of drug-likeness (QED) is 0.318. The highest BCUT2D eigenvalue weighted by molar-refractivity contribution is 6.31. The van der Waals surface area contributed by atoms with Gasteiger partial charge in [0.1, 0.15) is 5.82 Å². The van der Waals surface area contributed by atoms with Crippen molar-refractivity contribution >= 4 is 34.5 Å². The molecule has 0 radical (unpaired) electrons. The lowest BCUT2D eigenvalue weighted by molar-refractivity contribution is -0.0592. The number of carboxylic acids is 1. The van der Waals surface area contributed by atoms with Gasteiger partial charge in [0.05, 0.1) is 35.8 Å². The zero-order chi connectivity index (χ0) is 28.5. The Bertz CT molecular complexity index is 1600. The van der Waals surface area contributed by atoms with Gasteiger partial charge in [-0.25, -0.2) is 9.78 Å². The minimum atomic E-state index is -0.952. The zero-order valence-electron chi connectivity index (χ0n) is 23.1. The first kappa shape index (κ1) is 27.4. The Balaban J connectivity index is 1.12. The van der Waals surface area contributed by atoms with Gasteiger partial charge in [0.2, 0.25) is 0 Å². The van der Waals surface area contributed by atoms with Gasteiger partial charge < -0.3 is 19.3 Å². The number of aryl methyl sites for hydroxylation is 1. The molecule has 2 saturated heterocycles. The van der Waals surface area contributed by atoms with Gasteiger partial charge in [0.15, 0.2) is 0 Å². The van der Waals surface area contributed by atoms with Crippen LogP contribution in [0.5, 0.6) is 0 Å². The first-order valence-electron chi connectivity index (χ1n) is 14.0. The number of imidazole rings is 1. The van der Waals surface area contributed by atoms with E-state index < -0.39 is 5.97 Å². The molecular weight excluding hydrogens is 540 g/mol. The van der Waals surface area contributed by atoms with E-state index in [4.69, 9.17) is 21.3 Å². The van der Waals surface area contributed by atoms with Crippen LogP contribution in [-0.4, -0.2) is 75.2 Å². The number of carboxylic acid groups (broad SMARTS) is 1. The summed E-state index contributed by atoms with van der Waals surface area (Å²) in [6.07, 6.45) is 1.78. The Kier molecular flexibility index (Phi) is 7.79. The Hall–Kier alpha value is -3.72. The number of halogens is 1. The molecule has 1 aromatic heterocycles. The number of aromatic carboxylic acids is 1. The zero-order valence-corrected chi connectivity index (χ0v) is 23.8. The second-order valence-corrected chi connectivity index (χ2v) is 11.4. The normalized spacial score (nSPS) is 17.5. The van der Waals surface area contributed by atoms with Crippen LogP contribution in [0.2, 0.25) is 5.02 Å². The first-order chi connectivity index (χ1) is 19.8. The van der Waals surface area contributed by atoms with Gasteiger partial charge in [-0.2, -0.15) is 0 Å². The van der Waals surface area contributed by atoms with Gasteiger partial charge in [-0.3, -0.25) is 9.69 Å². The number of ether oxygens (including phenoxy) is 1. The van der Waals surface area contributed by atoms with Gasteiger partial charge in [0.25, 0.3) is 5.91 Å². The van der Waals surface area contributed by atoms with E-state index in [0.717, 1.165) is 64.7 Å². The number of nitrogens with zero attached hydrogens (tertiary/aromatic N) is 4. The number of benzene rings is 3. The molecule has 2 aliphatic heterocycles. The molecule has 0 saturated carbocycles. The van der Waals surface area contributed by atoms with Crippen molar-refractivity contribution in [1.82, 2.24) is 19.4 Å². The molecule has 4 aromatic rings. The van der Waals surface area contributed by atoms with Crippen molar-refractivity contribution in [3.63, 3.8) is 0 Å². The van der Waals surface area contributed by atoms with Gasteiger partial charge in [-0.05, 0) is 72.9 Å². The fraction of sp³-hybridized carbons (Fsp3) is 0.344. The fourth-order valence-corrected chi connectivity index (χ4v) is 5.89. The minimum Gasteiger partial charge on any atom is -0.478 e. The van der Waals surface area contributed by atoms with Crippen LogP contribution in [0.25, 0.3) is 11.0 Å². The average Bonchev–Trinajstić information content (AvgIpc) is 3.28. The van der Waals surface area contributed by atoms with Gasteiger partial charge >= 0.3 is 5.97 Å². The van der Waals surface area contributed by atoms with Crippen LogP contribution in [0.1, 0.15) is 49.7 Å². The summed E-state index contributed by atoms with van der Waals surface area (Å²) in [6, 6.07) is 19.0. The van der Waals surface area contributed by atoms with E-state index in [-0.39, 0.29) is 17.6 Å². The molecule has 41 heavy (non-hydrogen) atoms. The molecule has 1 N–H and O–H groups in total. The molecule has 6 rings (SSSR count). The second kappa shape index (κ2) is 11.6. The Labute approximate surface area is 244 Å². The highest BCUT2D eigenvalue weighted by atomic mass is 35.5. The molecule has 8 nitrogen and oxygen atoms in total. The summed E-state index contributed by atoms with van der Waals surface area (Å²) >= 11 is 6.45. The number of carbonyl (C=O) groups excluding carboxylic acids is 1. The predicted octanol–water partition coefficient (Wildman–Crippen LogP) is 5.03. The smallest absolute Gasteiger partial charge is 0.335 e. The number of amides is 1. The van der Waals surface area contributed by atoms with Crippen LogP contribution < -0.4 is 0 Å². The molecule has 3 heterocycles. The summed E-state index contributed by atoms with van der Waals surface area (Å²) in [5, 5.41) is 10.2. The Morgan fingerprint density at radius 1 is 1.02 bits per heavy atom. The highest BCUT2D eigenvalue weighted by Gasteiger charge is 2.26. The molecule has 1 amide bonds. The number of hydrogen-bond acceptors (Lipinski definition) is 5. The lowest BCUT2D eigenvalue weighted by atomic mass is 10.0. The number of fused-ring (bicyclic) bond motifs is 1. The SMILES string of the molecule is Cc1ccc(Cc2cccc(C(=O)N3CCN(Cc4nc5ccc(C(=O)O)cc5n4C[C@@H]4CCO4)CC3)c2)c(Cl)c1. The van der Waals surface area contributed by atoms with Crippen molar-refractivity contribution in [2.24, 2.45) is 0 Å². The molecule has 0 aliphatic carbocycles. The lowest BCUT2D eigenvalue weighted by Crippen LogP contribution is -2.48. The topological polar surface area (TPSA) is 87.9 Å². The average molecular weight is 573 g/mol. The standard InChI is InChI=1S/C32H33ClN4O4/c1-21-5-6-23(27(33)15-21)16-22-3-2-4-24(17-22)31(38)36-12-10-35(11-13-36)20-30-34-28-8-7-25(32(39)40)18-29(28)37(30)19-26-9-14-41-26/h2-8,15,17-18,26H,9-14,16,19-20H2,1H3,(H,39,40)/t26-/m0/s1. The summed E-state index contributed by atoms with van der Waals surface area (Å²) < 4.78 is 7.79. The maximum absolute atomic E-state index is 13.4. The molecule has 212 valence electrons. The lowest BCUT2D eigenvalue weighted by Gasteiger charge is -2.35. The molecule has 9 heteroatoms. The maximum atomic E-state index is 13.4. The molecular formula is C32H33ClN4O4. The minimum absolute atomic E-state index is 0.0390. The summed E-state index contributed by atoms with van der Waals surface area (Å²) in [4.78, 5) is 34.1. The van der Waals surface area contributed by atoms with Crippen LogP contribution in [0.4, 0.5) is 0 Å². The number of piperazine rings is 1. The summed E-state index contributed by atoms with van der Waals surface area (Å²) in [5.74, 6) is -0.0243. The molecule has 2 aliphatic rings. The molecule has 0 unspecified atom stereocenters. The van der Waals surface area contributed by atoms with Crippen molar-refractivity contribution in [3.8, 4) is 0 Å². The number of hydrogen-bond donors (Lipinski definition) is 1. The number of aromatic nitrogens is 2. The summed E-state index contributed by atoms with van der Waals surface area (Å²) in [5.41, 5.74) is 5.76. The van der Waals surface area contributed by atoms with Crippen LogP contribution >= 0.6 is 11.6 Å². The summed E-state index contributed by atoms with van der Waals surface area (Å²) in [6.45, 7) is 6.76. The summed E-state index contributed by atoms with van der Waals surface area (Å²) in [7, 11) is 0. The third-order valence-corrected chi connectivity index (χ3v) is 8.41. The number of rotatable bonds is 8. The van der Waals surface area contributed by atoms with Crippen molar-refractivity contribution in [1.29, 1.82) is 0 Å². The molecule has 3 aromatic carbocycles. The molecule has 0 spiro atoms. The van der Waals surface area contributed by atoms with Gasteiger partial charge in [-0.1, -0.05) is 35.9 Å². The van der Waals surface area contributed by atoms with Crippen LogP contribution in [0.15, 0.2) is 60.7 Å². The van der Waals surface area contributed by atoms with E-state index in [9.17, 15) is 14.7 Å². The monoisotopic (exact) mass is 572 g/mol. The van der Waals surface area contributed by atoms with Gasteiger partial charge in [-0.15, -0.1) is 0 Å². The fourth-order valence-electron chi connectivity index (χ4n) is 5.58. The molecule has 2 fully saturated rings. The van der Waals surface area contributed by atoms with Gasteiger partial charge in [0, 0.05) is 43.4 Å². The van der Waals surface area contributed by atoms with Crippen LogP contribution in [0, 0.1) is 6.92 Å². The third-order valence-electron chi connectivity index (χ3n) is 8.06. The van der Waals surface area contributed by atoms with E-state index in [2.05, 4.69) is 15.5 Å².